The van der Waals surface area contributed by atoms with E-state index in [0.29, 0.717) is 25.3 Å². The van der Waals surface area contributed by atoms with Gasteiger partial charge in [0, 0.05) is 25.8 Å². The van der Waals surface area contributed by atoms with Crippen LogP contribution >= 0.6 is 0 Å². The van der Waals surface area contributed by atoms with Crippen LogP contribution in [0.4, 0.5) is 0 Å². The summed E-state index contributed by atoms with van der Waals surface area (Å²) in [5.41, 5.74) is 1.12. The van der Waals surface area contributed by atoms with Crippen molar-refractivity contribution in [2.75, 3.05) is 26.8 Å². The SMILES string of the molecule is COCC1CN(C(=O)c2ccc(-n3ccnn3)cc2)CC(C)(C)O1. The summed E-state index contributed by atoms with van der Waals surface area (Å²) in [4.78, 5) is 14.7. The van der Waals surface area contributed by atoms with E-state index in [4.69, 9.17) is 9.47 Å². The van der Waals surface area contributed by atoms with Crippen molar-refractivity contribution in [2.45, 2.75) is 25.6 Å². The smallest absolute Gasteiger partial charge is 0.254 e. The summed E-state index contributed by atoms with van der Waals surface area (Å²) in [6.07, 6.45) is 3.26. The predicted molar refractivity (Wildman–Crippen MR) is 88.1 cm³/mol. The Morgan fingerprint density at radius 1 is 1.38 bits per heavy atom. The third-order valence-corrected chi connectivity index (χ3v) is 3.92. The van der Waals surface area contributed by atoms with Gasteiger partial charge in [-0.15, -0.1) is 5.10 Å². The van der Waals surface area contributed by atoms with Gasteiger partial charge < -0.3 is 14.4 Å². The molecule has 7 heteroatoms. The van der Waals surface area contributed by atoms with Crippen molar-refractivity contribution in [1.29, 1.82) is 0 Å². The highest BCUT2D eigenvalue weighted by molar-refractivity contribution is 5.94. The lowest BCUT2D eigenvalue weighted by Crippen LogP contribution is -2.55. The number of rotatable bonds is 4. The first-order valence-electron chi connectivity index (χ1n) is 7.91. The topological polar surface area (TPSA) is 69.5 Å². The minimum absolute atomic E-state index is 0.00221. The third kappa shape index (κ3) is 3.63. The quantitative estimate of drug-likeness (QED) is 0.850. The fourth-order valence-electron chi connectivity index (χ4n) is 3.01. The van der Waals surface area contributed by atoms with Crippen molar-refractivity contribution in [3.8, 4) is 5.69 Å². The number of nitrogens with zero attached hydrogens (tertiary/aromatic N) is 4. The number of benzene rings is 1. The van der Waals surface area contributed by atoms with Crippen molar-refractivity contribution >= 4 is 5.91 Å². The van der Waals surface area contributed by atoms with E-state index < -0.39 is 5.60 Å². The minimum atomic E-state index is -0.391. The average molecular weight is 330 g/mol. The molecular formula is C17H22N4O3. The molecule has 0 bridgehead atoms. The van der Waals surface area contributed by atoms with Crippen LogP contribution in [0.2, 0.25) is 0 Å². The molecule has 0 saturated carbocycles. The van der Waals surface area contributed by atoms with E-state index in [-0.39, 0.29) is 12.0 Å². The molecule has 2 heterocycles. The van der Waals surface area contributed by atoms with E-state index in [1.807, 2.05) is 43.0 Å². The summed E-state index contributed by atoms with van der Waals surface area (Å²) in [7, 11) is 1.64. The molecule has 24 heavy (non-hydrogen) atoms. The molecule has 0 aliphatic carbocycles. The third-order valence-electron chi connectivity index (χ3n) is 3.92. The highest BCUT2D eigenvalue weighted by Gasteiger charge is 2.35. The summed E-state index contributed by atoms with van der Waals surface area (Å²) < 4.78 is 12.8. The predicted octanol–water partition coefficient (Wildman–Crippen LogP) is 1.53. The fraction of sp³-hybridized carbons (Fsp3) is 0.471. The second-order valence-corrected chi connectivity index (χ2v) is 6.54. The molecule has 1 saturated heterocycles. The lowest BCUT2D eigenvalue weighted by atomic mass is 10.0. The molecule has 0 spiro atoms. The van der Waals surface area contributed by atoms with Gasteiger partial charge in [-0.2, -0.15) is 0 Å². The normalized spacial score (nSPS) is 20.1. The zero-order chi connectivity index (χ0) is 17.2. The maximum Gasteiger partial charge on any atom is 0.254 e. The van der Waals surface area contributed by atoms with Gasteiger partial charge >= 0.3 is 0 Å². The molecule has 3 rings (SSSR count). The average Bonchev–Trinajstić information content (AvgIpc) is 3.07. The summed E-state index contributed by atoms with van der Waals surface area (Å²) >= 11 is 0. The molecular weight excluding hydrogens is 308 g/mol. The Kier molecular flexibility index (Phi) is 4.64. The van der Waals surface area contributed by atoms with Gasteiger partial charge in [0.05, 0.1) is 36.4 Å². The van der Waals surface area contributed by atoms with E-state index in [9.17, 15) is 4.79 Å². The summed E-state index contributed by atoms with van der Waals surface area (Å²) in [6, 6.07) is 7.35. The molecule has 1 unspecified atom stereocenters. The minimum Gasteiger partial charge on any atom is -0.382 e. The molecule has 2 aromatic rings. The molecule has 128 valence electrons. The second kappa shape index (κ2) is 6.70. The number of hydrogen-bond donors (Lipinski definition) is 0. The molecule has 0 radical (unpaired) electrons. The zero-order valence-electron chi connectivity index (χ0n) is 14.2. The van der Waals surface area contributed by atoms with Crippen LogP contribution in [0.3, 0.4) is 0 Å². The lowest BCUT2D eigenvalue weighted by molar-refractivity contribution is -0.143. The largest absolute Gasteiger partial charge is 0.382 e. The van der Waals surface area contributed by atoms with Crippen LogP contribution in [0, 0.1) is 0 Å². The van der Waals surface area contributed by atoms with Gasteiger partial charge in [0.1, 0.15) is 0 Å². The highest BCUT2D eigenvalue weighted by atomic mass is 16.5. The van der Waals surface area contributed by atoms with Gasteiger partial charge in [-0.25, -0.2) is 4.68 Å². The fourth-order valence-corrected chi connectivity index (χ4v) is 3.01. The Hall–Kier alpha value is -2.25. The number of morpholine rings is 1. The standard InChI is InChI=1S/C17H22N4O3/c1-17(2)12-20(10-15(24-17)11-23-3)16(22)13-4-6-14(7-5-13)21-9-8-18-19-21/h4-9,15H,10-12H2,1-3H3. The van der Waals surface area contributed by atoms with Crippen LogP contribution in [-0.4, -0.2) is 64.3 Å². The molecule has 7 nitrogen and oxygen atoms in total. The first-order valence-corrected chi connectivity index (χ1v) is 7.91. The number of carbonyl (C=O) groups is 1. The molecule has 0 N–H and O–H groups in total. The van der Waals surface area contributed by atoms with Crippen LogP contribution in [0.5, 0.6) is 0 Å². The van der Waals surface area contributed by atoms with E-state index in [1.165, 1.54) is 0 Å². The number of aromatic nitrogens is 3. The number of methoxy groups -OCH3 is 1. The molecule has 1 aliphatic rings. The Balaban J connectivity index is 1.75. The first kappa shape index (κ1) is 16.6. The van der Waals surface area contributed by atoms with E-state index in [1.54, 1.807) is 24.2 Å². The molecule has 1 aromatic carbocycles. The Labute approximate surface area is 141 Å². The van der Waals surface area contributed by atoms with Crippen molar-refractivity contribution in [3.05, 3.63) is 42.2 Å². The Morgan fingerprint density at radius 3 is 2.75 bits per heavy atom. The van der Waals surface area contributed by atoms with Gasteiger partial charge in [0.25, 0.3) is 5.91 Å². The van der Waals surface area contributed by atoms with Gasteiger partial charge in [-0.1, -0.05) is 5.21 Å². The number of ether oxygens (including phenoxy) is 2. The Morgan fingerprint density at radius 2 is 2.12 bits per heavy atom. The van der Waals surface area contributed by atoms with E-state index >= 15 is 0 Å². The van der Waals surface area contributed by atoms with Crippen LogP contribution in [0.1, 0.15) is 24.2 Å². The van der Waals surface area contributed by atoms with Gasteiger partial charge in [-0.3, -0.25) is 4.79 Å². The zero-order valence-corrected chi connectivity index (χ0v) is 14.2. The molecule has 1 fully saturated rings. The second-order valence-electron chi connectivity index (χ2n) is 6.54. The molecule has 1 atom stereocenters. The van der Waals surface area contributed by atoms with Crippen molar-refractivity contribution in [1.82, 2.24) is 19.9 Å². The maximum absolute atomic E-state index is 12.8. The lowest BCUT2D eigenvalue weighted by Gasteiger charge is -2.42. The Bertz CT molecular complexity index is 682. The number of amides is 1. The van der Waals surface area contributed by atoms with Gasteiger partial charge in [0.15, 0.2) is 0 Å². The van der Waals surface area contributed by atoms with Gasteiger partial charge in [0.2, 0.25) is 0 Å². The monoisotopic (exact) mass is 330 g/mol. The highest BCUT2D eigenvalue weighted by Crippen LogP contribution is 2.23. The van der Waals surface area contributed by atoms with Crippen molar-refractivity contribution in [3.63, 3.8) is 0 Å². The van der Waals surface area contributed by atoms with Crippen molar-refractivity contribution in [2.24, 2.45) is 0 Å². The maximum atomic E-state index is 12.8. The number of hydrogen-bond acceptors (Lipinski definition) is 5. The summed E-state index contributed by atoms with van der Waals surface area (Å²) in [6.45, 7) is 5.53. The summed E-state index contributed by atoms with van der Waals surface area (Å²) in [5, 5.41) is 7.72. The van der Waals surface area contributed by atoms with Crippen LogP contribution in [-0.2, 0) is 9.47 Å². The van der Waals surface area contributed by atoms with Crippen molar-refractivity contribution < 1.29 is 14.3 Å². The van der Waals surface area contributed by atoms with Crippen LogP contribution < -0.4 is 0 Å². The van der Waals surface area contributed by atoms with Crippen LogP contribution in [0.15, 0.2) is 36.7 Å². The molecule has 1 aliphatic heterocycles. The molecule has 1 aromatic heterocycles. The summed E-state index contributed by atoms with van der Waals surface area (Å²) in [5.74, 6) is -0.00221. The molecule has 1 amide bonds. The van der Waals surface area contributed by atoms with E-state index in [2.05, 4.69) is 10.3 Å². The first-order chi connectivity index (χ1) is 11.5. The van der Waals surface area contributed by atoms with E-state index in [0.717, 1.165) is 5.69 Å². The van der Waals surface area contributed by atoms with Crippen LogP contribution in [0.25, 0.3) is 5.69 Å². The number of carbonyl (C=O) groups excluding carboxylic acids is 1. The van der Waals surface area contributed by atoms with Gasteiger partial charge in [-0.05, 0) is 38.1 Å².